The number of rotatable bonds is 2. The molecule has 0 heterocycles. The molecule has 0 spiro atoms. The van der Waals surface area contributed by atoms with Gasteiger partial charge in [-0.3, -0.25) is 0 Å². The summed E-state index contributed by atoms with van der Waals surface area (Å²) in [4.78, 5) is 0. The van der Waals surface area contributed by atoms with Crippen molar-refractivity contribution in [1.82, 2.24) is 0 Å². The summed E-state index contributed by atoms with van der Waals surface area (Å²) in [5.41, 5.74) is 0. The first kappa shape index (κ1) is 7.42. The Morgan fingerprint density at radius 3 is 2.14 bits per heavy atom. The van der Waals surface area contributed by atoms with Gasteiger partial charge in [-0.25, -0.2) is 8.42 Å². The van der Waals surface area contributed by atoms with Crippen LogP contribution in [0, 0.1) is 0 Å². The third-order valence-electron chi connectivity index (χ3n) is 0.406. The highest BCUT2D eigenvalue weighted by Gasteiger charge is 1.96. The van der Waals surface area contributed by atoms with Crippen LogP contribution in [0.25, 0.3) is 0 Å². The first-order valence-corrected chi connectivity index (χ1v) is 4.77. The van der Waals surface area contributed by atoms with Crippen molar-refractivity contribution in [3.63, 3.8) is 0 Å². The summed E-state index contributed by atoms with van der Waals surface area (Å²) in [6.07, 6.45) is 0. The molecule has 0 aromatic carbocycles. The maximum absolute atomic E-state index is 10.2. The van der Waals surface area contributed by atoms with Gasteiger partial charge in [0.2, 0.25) is 0 Å². The molecule has 2 nitrogen and oxygen atoms in total. The summed E-state index contributed by atoms with van der Waals surface area (Å²) < 4.78 is 20.6. The highest BCUT2D eigenvalue weighted by Crippen LogP contribution is 1.94. The fourth-order valence-electron chi connectivity index (χ4n) is 0.0445. The Morgan fingerprint density at radius 2 is 2.14 bits per heavy atom. The number of sulfone groups is 1. The van der Waals surface area contributed by atoms with Gasteiger partial charge in [-0.1, -0.05) is 29.2 Å². The molecule has 0 aromatic heterocycles. The number of hydrogen-bond acceptors (Lipinski definition) is 2. The van der Waals surface area contributed by atoms with Crippen LogP contribution in [0.1, 0.15) is 0 Å². The molecule has 7 heavy (non-hydrogen) atoms. The number of halogens is 1. The monoisotopic (exact) mass is 232 g/mol. The fraction of sp³-hybridized carbons (Fsp3) is 0.333. The van der Waals surface area contributed by atoms with Crippen LogP contribution in [-0.2, 0) is 9.84 Å². The van der Waals surface area contributed by atoms with Gasteiger partial charge in [-0.15, -0.1) is 0 Å². The van der Waals surface area contributed by atoms with Crippen molar-refractivity contribution in [2.45, 2.75) is 0 Å². The smallest absolute Gasteiger partial charge is 0.180 e. The Labute approximate surface area is 56.7 Å². The lowest BCUT2D eigenvalue weighted by Gasteiger charge is -1.82. The first-order valence-electron chi connectivity index (χ1n) is 1.53. The molecule has 0 aliphatic heterocycles. The Balaban J connectivity index is 4.17. The summed E-state index contributed by atoms with van der Waals surface area (Å²) in [5, 5.41) is 0.958. The molecule has 0 atom stereocenters. The predicted octanol–water partition coefficient (Wildman–Crippen LogP) is 0.937. The molecule has 0 N–H and O–H groups in total. The first-order chi connectivity index (χ1) is 3.12. The predicted molar refractivity (Wildman–Crippen MR) is 38.0 cm³/mol. The highest BCUT2D eigenvalue weighted by molar-refractivity contribution is 14.1. The van der Waals surface area contributed by atoms with Crippen LogP contribution in [0.15, 0.2) is 12.0 Å². The quantitative estimate of drug-likeness (QED) is 0.524. The van der Waals surface area contributed by atoms with Crippen molar-refractivity contribution in [1.29, 1.82) is 0 Å². The maximum Gasteiger partial charge on any atom is 0.180 e. The normalized spacial score (nSPS) is 11.0. The van der Waals surface area contributed by atoms with Crippen LogP contribution < -0.4 is 0 Å². The Hall–Kier alpha value is 0.420. The summed E-state index contributed by atoms with van der Waals surface area (Å²) in [7, 11) is -2.91. The lowest BCUT2D eigenvalue weighted by molar-refractivity contribution is 0.609. The van der Waals surface area contributed by atoms with Gasteiger partial charge in [-0.2, -0.15) is 0 Å². The van der Waals surface area contributed by atoms with Crippen LogP contribution in [0.4, 0.5) is 0 Å². The summed E-state index contributed by atoms with van der Waals surface area (Å²) in [5.74, 6) is 0. The third kappa shape index (κ3) is 3.04. The molecule has 0 radical (unpaired) electrons. The van der Waals surface area contributed by atoms with Gasteiger partial charge in [-0.05, 0) is 0 Å². The van der Waals surface area contributed by atoms with E-state index in [4.69, 9.17) is 0 Å². The second kappa shape index (κ2) is 2.66. The molecule has 4 heteroatoms. The molecule has 0 fully saturated rings. The minimum Gasteiger partial charge on any atom is -0.224 e. The largest absolute Gasteiger partial charge is 0.224 e. The summed E-state index contributed by atoms with van der Waals surface area (Å²) >= 11 is 1.77. The van der Waals surface area contributed by atoms with E-state index in [1.807, 2.05) is 0 Å². The van der Waals surface area contributed by atoms with Gasteiger partial charge in [0.15, 0.2) is 9.84 Å². The fourth-order valence-corrected chi connectivity index (χ4v) is 0.896. The van der Waals surface area contributed by atoms with Crippen molar-refractivity contribution in [3.05, 3.63) is 12.0 Å². The molecule has 0 aliphatic rings. The van der Waals surface area contributed by atoms with Gasteiger partial charge in [0.25, 0.3) is 0 Å². The van der Waals surface area contributed by atoms with Crippen LogP contribution in [0.2, 0.25) is 0 Å². The van der Waals surface area contributed by atoms with Gasteiger partial charge >= 0.3 is 0 Å². The highest BCUT2D eigenvalue weighted by atomic mass is 127. The van der Waals surface area contributed by atoms with Gasteiger partial charge in [0, 0.05) is 5.41 Å². The summed E-state index contributed by atoms with van der Waals surface area (Å²) in [6, 6.07) is 0. The molecule has 0 rings (SSSR count). The average Bonchev–Trinajstić information content (AvgIpc) is 1.68. The Kier molecular flexibility index (Phi) is 2.82. The zero-order valence-corrected chi connectivity index (χ0v) is 6.57. The van der Waals surface area contributed by atoms with Crippen molar-refractivity contribution >= 4 is 32.4 Å². The number of hydrogen-bond donors (Lipinski definition) is 0. The zero-order valence-electron chi connectivity index (χ0n) is 3.59. The second-order valence-corrected chi connectivity index (χ2v) is 4.68. The Morgan fingerprint density at radius 1 is 1.71 bits per heavy atom. The van der Waals surface area contributed by atoms with Crippen LogP contribution in [0.3, 0.4) is 0 Å². The maximum atomic E-state index is 10.2. The van der Waals surface area contributed by atoms with Crippen LogP contribution in [-0.4, -0.2) is 12.2 Å². The minimum absolute atomic E-state index is 0.119. The number of alkyl halides is 1. The van der Waals surface area contributed by atoms with Gasteiger partial charge in [0.1, 0.15) is 3.76 Å². The van der Waals surface area contributed by atoms with Crippen LogP contribution >= 0.6 is 22.6 Å². The summed E-state index contributed by atoms with van der Waals surface area (Å²) in [6.45, 7) is 3.11. The van der Waals surface area contributed by atoms with E-state index in [0.29, 0.717) is 0 Å². The molecular formula is C3H5IO2S. The van der Waals surface area contributed by atoms with E-state index in [2.05, 4.69) is 6.58 Å². The zero-order chi connectivity index (χ0) is 5.91. The molecule has 0 saturated heterocycles. The van der Waals surface area contributed by atoms with Crippen molar-refractivity contribution in [2.75, 3.05) is 3.76 Å². The van der Waals surface area contributed by atoms with Gasteiger partial charge in [0.05, 0.1) is 0 Å². The van der Waals surface area contributed by atoms with E-state index in [1.54, 1.807) is 22.6 Å². The molecule has 0 saturated carbocycles. The SMILES string of the molecule is C=CS(=O)(=O)CI. The van der Waals surface area contributed by atoms with E-state index in [0.717, 1.165) is 5.41 Å². The molecular weight excluding hydrogens is 227 g/mol. The molecule has 0 aliphatic carbocycles. The molecule has 42 valence electrons. The topological polar surface area (TPSA) is 34.1 Å². The van der Waals surface area contributed by atoms with Crippen molar-refractivity contribution < 1.29 is 8.42 Å². The van der Waals surface area contributed by atoms with Crippen LogP contribution in [0.5, 0.6) is 0 Å². The second-order valence-electron chi connectivity index (χ2n) is 0.939. The third-order valence-corrected chi connectivity index (χ3v) is 3.82. The molecule has 0 unspecified atom stereocenters. The lowest BCUT2D eigenvalue weighted by Crippen LogP contribution is -1.92. The average molecular weight is 232 g/mol. The van der Waals surface area contributed by atoms with Gasteiger partial charge < -0.3 is 0 Å². The van der Waals surface area contributed by atoms with E-state index in [9.17, 15) is 8.42 Å². The van der Waals surface area contributed by atoms with Crippen molar-refractivity contribution in [2.24, 2.45) is 0 Å². The standard InChI is InChI=1S/C3H5IO2S/c1-2-7(5,6)3-4/h2H,1,3H2. The molecule has 0 bridgehead atoms. The van der Waals surface area contributed by atoms with E-state index >= 15 is 0 Å². The molecule has 0 aromatic rings. The minimum atomic E-state index is -2.91. The Bertz CT molecular complexity index is 146. The lowest BCUT2D eigenvalue weighted by atomic mass is 11.3. The van der Waals surface area contributed by atoms with Crippen molar-refractivity contribution in [3.8, 4) is 0 Å². The van der Waals surface area contributed by atoms with E-state index < -0.39 is 9.84 Å². The van der Waals surface area contributed by atoms with E-state index in [1.165, 1.54) is 0 Å². The molecule has 0 amide bonds. The van der Waals surface area contributed by atoms with E-state index in [-0.39, 0.29) is 3.76 Å².